The fraction of sp³-hybridized carbons (Fsp3) is 0.318. The summed E-state index contributed by atoms with van der Waals surface area (Å²) in [5.74, 6) is 0.905. The van der Waals surface area contributed by atoms with Crippen LogP contribution in [0.15, 0.2) is 48.8 Å². The van der Waals surface area contributed by atoms with E-state index < -0.39 is 0 Å². The molecule has 1 saturated heterocycles. The zero-order valence-corrected chi connectivity index (χ0v) is 17.6. The second kappa shape index (κ2) is 9.67. The Labute approximate surface area is 181 Å². The minimum atomic E-state index is -0.254. The van der Waals surface area contributed by atoms with Crippen LogP contribution < -0.4 is 21.3 Å². The van der Waals surface area contributed by atoms with Crippen LogP contribution >= 0.6 is 0 Å². The SMILES string of the molecule is CN1CCN(c2ccc(Nc3nccc(-c4ccc(NCCN)nc4)n3)cc2F)CC1. The van der Waals surface area contributed by atoms with Gasteiger partial charge in [0.1, 0.15) is 11.6 Å². The van der Waals surface area contributed by atoms with Crippen LogP contribution in [0.4, 0.5) is 27.5 Å². The van der Waals surface area contributed by atoms with Crippen molar-refractivity contribution in [3.63, 3.8) is 0 Å². The molecule has 1 aromatic carbocycles. The van der Waals surface area contributed by atoms with E-state index in [0.29, 0.717) is 30.4 Å². The molecule has 0 spiro atoms. The third kappa shape index (κ3) is 5.25. The molecule has 0 unspecified atom stereocenters. The summed E-state index contributed by atoms with van der Waals surface area (Å²) >= 11 is 0. The molecule has 0 atom stereocenters. The molecule has 3 aromatic rings. The summed E-state index contributed by atoms with van der Waals surface area (Å²) in [4.78, 5) is 17.5. The predicted molar refractivity (Wildman–Crippen MR) is 122 cm³/mol. The molecular formula is C22H27FN8. The Morgan fingerprint density at radius 3 is 2.61 bits per heavy atom. The van der Waals surface area contributed by atoms with Gasteiger partial charge in [0.05, 0.1) is 11.4 Å². The van der Waals surface area contributed by atoms with E-state index >= 15 is 0 Å². The average molecular weight is 423 g/mol. The van der Waals surface area contributed by atoms with Gasteiger partial charge in [0.15, 0.2) is 0 Å². The van der Waals surface area contributed by atoms with Gasteiger partial charge in [-0.25, -0.2) is 19.3 Å². The molecule has 9 heteroatoms. The van der Waals surface area contributed by atoms with E-state index in [9.17, 15) is 4.39 Å². The molecule has 0 radical (unpaired) electrons. The van der Waals surface area contributed by atoms with Crippen molar-refractivity contribution in [1.29, 1.82) is 0 Å². The second-order valence-electron chi connectivity index (χ2n) is 7.49. The molecule has 31 heavy (non-hydrogen) atoms. The van der Waals surface area contributed by atoms with Crippen LogP contribution in [0.3, 0.4) is 0 Å². The Hall–Kier alpha value is -3.30. The molecule has 4 rings (SSSR count). The lowest BCUT2D eigenvalue weighted by Crippen LogP contribution is -2.44. The van der Waals surface area contributed by atoms with E-state index in [1.807, 2.05) is 30.3 Å². The van der Waals surface area contributed by atoms with Gasteiger partial charge >= 0.3 is 0 Å². The van der Waals surface area contributed by atoms with Crippen LogP contribution in [0, 0.1) is 5.82 Å². The lowest BCUT2D eigenvalue weighted by atomic mass is 10.2. The van der Waals surface area contributed by atoms with Gasteiger partial charge < -0.3 is 26.2 Å². The number of nitrogens with two attached hydrogens (primary N) is 1. The average Bonchev–Trinajstić information content (AvgIpc) is 2.79. The van der Waals surface area contributed by atoms with Crippen LogP contribution in [0.2, 0.25) is 0 Å². The van der Waals surface area contributed by atoms with Crippen molar-refractivity contribution in [2.75, 3.05) is 61.8 Å². The van der Waals surface area contributed by atoms with E-state index in [-0.39, 0.29) is 5.82 Å². The quantitative estimate of drug-likeness (QED) is 0.535. The van der Waals surface area contributed by atoms with Crippen molar-refractivity contribution in [2.45, 2.75) is 0 Å². The number of hydrogen-bond acceptors (Lipinski definition) is 8. The molecule has 2 aromatic heterocycles. The number of hydrogen-bond donors (Lipinski definition) is 3. The third-order valence-corrected chi connectivity index (χ3v) is 5.21. The van der Waals surface area contributed by atoms with Gasteiger partial charge in [0.25, 0.3) is 0 Å². The second-order valence-corrected chi connectivity index (χ2v) is 7.49. The van der Waals surface area contributed by atoms with Crippen LogP contribution in [0.1, 0.15) is 0 Å². The summed E-state index contributed by atoms with van der Waals surface area (Å²) in [6.07, 6.45) is 3.41. The van der Waals surface area contributed by atoms with E-state index in [1.54, 1.807) is 12.4 Å². The van der Waals surface area contributed by atoms with Gasteiger partial charge in [0.2, 0.25) is 5.95 Å². The van der Waals surface area contributed by atoms with Gasteiger partial charge in [-0.2, -0.15) is 0 Å². The smallest absolute Gasteiger partial charge is 0.227 e. The first-order valence-corrected chi connectivity index (χ1v) is 10.4. The highest BCUT2D eigenvalue weighted by molar-refractivity contribution is 5.64. The lowest BCUT2D eigenvalue weighted by Gasteiger charge is -2.34. The fourth-order valence-corrected chi connectivity index (χ4v) is 3.45. The van der Waals surface area contributed by atoms with Gasteiger partial charge in [-0.3, -0.25) is 0 Å². The first kappa shape index (κ1) is 21.0. The number of nitrogens with zero attached hydrogens (tertiary/aromatic N) is 5. The van der Waals surface area contributed by atoms with Gasteiger partial charge in [-0.1, -0.05) is 0 Å². The minimum absolute atomic E-state index is 0.254. The molecule has 1 aliphatic heterocycles. The highest BCUT2D eigenvalue weighted by Crippen LogP contribution is 2.26. The van der Waals surface area contributed by atoms with Crippen LogP contribution in [-0.2, 0) is 0 Å². The zero-order chi connectivity index (χ0) is 21.6. The standard InChI is InChI=1S/C22H27FN8/c1-30-10-12-31(13-11-30)20-4-3-17(14-18(20)23)28-22-26-8-6-19(29-22)16-2-5-21(27-15-16)25-9-7-24/h2-6,8,14-15H,7,9-13,24H2,1H3,(H,25,27)(H,26,28,29). The number of anilines is 4. The summed E-state index contributed by atoms with van der Waals surface area (Å²) in [6.45, 7) is 4.71. The molecule has 0 bridgehead atoms. The zero-order valence-electron chi connectivity index (χ0n) is 17.6. The summed E-state index contributed by atoms with van der Waals surface area (Å²) in [6, 6.07) is 10.8. The molecule has 0 aliphatic carbocycles. The van der Waals surface area contributed by atoms with Gasteiger partial charge in [-0.15, -0.1) is 0 Å². The first-order chi connectivity index (χ1) is 15.1. The molecule has 8 nitrogen and oxygen atoms in total. The molecule has 4 N–H and O–H groups in total. The number of pyridine rings is 1. The highest BCUT2D eigenvalue weighted by Gasteiger charge is 2.17. The maximum atomic E-state index is 14.7. The maximum Gasteiger partial charge on any atom is 0.227 e. The van der Waals surface area contributed by atoms with Gasteiger partial charge in [-0.05, 0) is 43.4 Å². The number of rotatable bonds is 7. The number of aromatic nitrogens is 3. The Morgan fingerprint density at radius 1 is 1.06 bits per heavy atom. The molecule has 1 aliphatic rings. The Morgan fingerprint density at radius 2 is 1.90 bits per heavy atom. The van der Waals surface area contributed by atoms with Crippen LogP contribution in [0.25, 0.3) is 11.3 Å². The van der Waals surface area contributed by atoms with Crippen molar-refractivity contribution in [1.82, 2.24) is 19.9 Å². The number of piperazine rings is 1. The van der Waals surface area contributed by atoms with Gasteiger partial charge in [0, 0.05) is 62.9 Å². The molecule has 0 amide bonds. The molecular weight excluding hydrogens is 395 g/mol. The lowest BCUT2D eigenvalue weighted by molar-refractivity contribution is 0.311. The first-order valence-electron chi connectivity index (χ1n) is 10.4. The number of halogens is 1. The molecule has 162 valence electrons. The highest BCUT2D eigenvalue weighted by atomic mass is 19.1. The number of likely N-dealkylation sites (N-methyl/N-ethyl adjacent to an activating group) is 1. The van der Waals surface area contributed by atoms with E-state index in [0.717, 1.165) is 43.3 Å². The van der Waals surface area contributed by atoms with E-state index in [1.165, 1.54) is 6.07 Å². The summed E-state index contributed by atoms with van der Waals surface area (Å²) in [5.41, 5.74) is 8.32. The van der Waals surface area contributed by atoms with Crippen molar-refractivity contribution >= 4 is 23.1 Å². The van der Waals surface area contributed by atoms with Crippen molar-refractivity contribution in [3.05, 3.63) is 54.6 Å². The topological polar surface area (TPSA) is 95.2 Å². The summed E-state index contributed by atoms with van der Waals surface area (Å²) in [7, 11) is 2.08. The minimum Gasteiger partial charge on any atom is -0.369 e. The van der Waals surface area contributed by atoms with Crippen LogP contribution in [0.5, 0.6) is 0 Å². The largest absolute Gasteiger partial charge is 0.369 e. The summed E-state index contributed by atoms with van der Waals surface area (Å²) < 4.78 is 14.7. The van der Waals surface area contributed by atoms with Crippen molar-refractivity contribution in [2.24, 2.45) is 5.73 Å². The predicted octanol–water partition coefficient (Wildman–Crippen LogP) is 2.54. The normalized spacial score (nSPS) is 14.5. The molecule has 1 fully saturated rings. The number of benzene rings is 1. The fourth-order valence-electron chi connectivity index (χ4n) is 3.45. The molecule has 3 heterocycles. The Balaban J connectivity index is 1.45. The molecule has 0 saturated carbocycles. The van der Waals surface area contributed by atoms with E-state index in [4.69, 9.17) is 5.73 Å². The maximum absolute atomic E-state index is 14.7. The number of nitrogens with one attached hydrogen (secondary N) is 2. The Kier molecular flexibility index (Phi) is 6.54. The van der Waals surface area contributed by atoms with Crippen molar-refractivity contribution in [3.8, 4) is 11.3 Å². The monoisotopic (exact) mass is 422 g/mol. The Bertz CT molecular complexity index is 1000. The van der Waals surface area contributed by atoms with Crippen molar-refractivity contribution < 1.29 is 4.39 Å². The third-order valence-electron chi connectivity index (χ3n) is 5.21. The van der Waals surface area contributed by atoms with E-state index in [2.05, 4.69) is 42.4 Å². The summed E-state index contributed by atoms with van der Waals surface area (Å²) in [5, 5.41) is 6.23. The van der Waals surface area contributed by atoms with Crippen LogP contribution in [-0.4, -0.2) is 66.2 Å².